The van der Waals surface area contributed by atoms with Crippen LogP contribution < -0.4 is 0 Å². The van der Waals surface area contributed by atoms with Crippen molar-refractivity contribution >= 4 is 5.57 Å². The first-order chi connectivity index (χ1) is 17.3. The Bertz CT molecular complexity index is 844. The van der Waals surface area contributed by atoms with Crippen molar-refractivity contribution < 1.29 is 0 Å². The van der Waals surface area contributed by atoms with Gasteiger partial charge in [-0.25, -0.2) is 0 Å². The van der Waals surface area contributed by atoms with Crippen molar-refractivity contribution in [2.75, 3.05) is 0 Å². The van der Waals surface area contributed by atoms with Gasteiger partial charge in [-0.3, -0.25) is 0 Å². The summed E-state index contributed by atoms with van der Waals surface area (Å²) in [6, 6.07) is 7.43. The highest BCUT2D eigenvalue weighted by molar-refractivity contribution is 5.82. The Hall–Kier alpha value is -1.56. The van der Waals surface area contributed by atoms with E-state index in [2.05, 4.69) is 85.4 Å². The molecule has 0 unspecified atom stereocenters. The fraction of sp³-hybridized carbons (Fsp3) is 0.667. The predicted octanol–water partition coefficient (Wildman–Crippen LogP) is 12.1. The molecule has 0 radical (unpaired) electrons. The van der Waals surface area contributed by atoms with Gasteiger partial charge in [-0.15, -0.1) is 0 Å². The molecule has 1 aliphatic rings. The van der Waals surface area contributed by atoms with Gasteiger partial charge in [0.2, 0.25) is 0 Å². The molecule has 0 N–H and O–H groups in total. The highest BCUT2D eigenvalue weighted by Gasteiger charge is 2.42. The Morgan fingerprint density at radius 1 is 0.806 bits per heavy atom. The van der Waals surface area contributed by atoms with Gasteiger partial charge in [-0.1, -0.05) is 156 Å². The standard InChI is InChI=1S/C36H58/c1-9-12-14-16-18-20-24-36(25-21-19-17-15-13-10-2)34(26-31(11-3)28(4)5)30(8)33-23-22-32(29(6)7)27-35(33)36/h11,22-23,26-29H,3,9-10,12-21,24-25H2,1-2,4-8H3/b31-26+. The number of fused-ring (bicyclic) bond motifs is 1. The lowest BCUT2D eigenvalue weighted by molar-refractivity contribution is 0.394. The third-order valence-electron chi connectivity index (χ3n) is 8.68. The van der Waals surface area contributed by atoms with Crippen molar-refractivity contribution in [3.63, 3.8) is 0 Å². The van der Waals surface area contributed by atoms with E-state index in [0.29, 0.717) is 11.8 Å². The highest BCUT2D eigenvalue weighted by Crippen LogP contribution is 2.54. The van der Waals surface area contributed by atoms with E-state index in [-0.39, 0.29) is 5.41 Å². The quantitative estimate of drug-likeness (QED) is 0.142. The minimum absolute atomic E-state index is 0.156. The van der Waals surface area contributed by atoms with Crippen molar-refractivity contribution in [2.45, 2.75) is 150 Å². The molecule has 36 heavy (non-hydrogen) atoms. The lowest BCUT2D eigenvalue weighted by Crippen LogP contribution is -2.27. The van der Waals surface area contributed by atoms with E-state index in [1.165, 1.54) is 112 Å². The number of allylic oxidation sites excluding steroid dienone is 5. The summed E-state index contributed by atoms with van der Waals surface area (Å²) in [4.78, 5) is 0. The van der Waals surface area contributed by atoms with Gasteiger partial charge in [0, 0.05) is 5.41 Å². The zero-order chi connectivity index (χ0) is 26.6. The summed E-state index contributed by atoms with van der Waals surface area (Å²) < 4.78 is 0. The number of hydrogen-bond donors (Lipinski definition) is 0. The van der Waals surface area contributed by atoms with Gasteiger partial charge in [-0.2, -0.15) is 0 Å². The highest BCUT2D eigenvalue weighted by atomic mass is 14.5. The van der Waals surface area contributed by atoms with Crippen molar-refractivity contribution in [3.05, 3.63) is 64.8 Å². The maximum Gasteiger partial charge on any atom is 0.0212 e. The summed E-state index contributed by atoms with van der Waals surface area (Å²) in [6.45, 7) is 20.5. The molecule has 0 heteroatoms. The van der Waals surface area contributed by atoms with E-state index in [4.69, 9.17) is 0 Å². The molecular formula is C36H58. The topological polar surface area (TPSA) is 0 Å². The second kappa shape index (κ2) is 15.6. The van der Waals surface area contributed by atoms with Crippen LogP contribution in [0.25, 0.3) is 5.57 Å². The summed E-state index contributed by atoms with van der Waals surface area (Å²) in [6.07, 6.45) is 23.6. The average molecular weight is 491 g/mol. The summed E-state index contributed by atoms with van der Waals surface area (Å²) in [5, 5.41) is 0. The van der Waals surface area contributed by atoms with Crippen molar-refractivity contribution in [3.8, 4) is 0 Å². The number of rotatable bonds is 18. The molecule has 0 aromatic heterocycles. The van der Waals surface area contributed by atoms with Gasteiger partial charge in [0.15, 0.2) is 0 Å². The van der Waals surface area contributed by atoms with Crippen molar-refractivity contribution in [1.82, 2.24) is 0 Å². The van der Waals surface area contributed by atoms with Gasteiger partial charge in [0.25, 0.3) is 0 Å². The Labute approximate surface area is 225 Å². The van der Waals surface area contributed by atoms with Crippen LogP contribution in [0.3, 0.4) is 0 Å². The molecule has 0 amide bonds. The Morgan fingerprint density at radius 3 is 1.81 bits per heavy atom. The molecule has 0 saturated carbocycles. The van der Waals surface area contributed by atoms with Crippen LogP contribution in [0, 0.1) is 5.92 Å². The van der Waals surface area contributed by atoms with Gasteiger partial charge in [0.1, 0.15) is 0 Å². The maximum atomic E-state index is 4.20. The third kappa shape index (κ3) is 7.97. The van der Waals surface area contributed by atoms with E-state index in [1.54, 1.807) is 11.1 Å². The van der Waals surface area contributed by atoms with E-state index in [0.717, 1.165) is 0 Å². The first-order valence-corrected chi connectivity index (χ1v) is 15.5. The van der Waals surface area contributed by atoms with Crippen LogP contribution in [0.1, 0.15) is 161 Å². The first-order valence-electron chi connectivity index (χ1n) is 15.5. The van der Waals surface area contributed by atoms with Crippen LogP contribution >= 0.6 is 0 Å². The molecule has 1 aliphatic carbocycles. The van der Waals surface area contributed by atoms with Crippen LogP contribution in [-0.4, -0.2) is 0 Å². The minimum atomic E-state index is 0.156. The number of benzene rings is 1. The molecular weight excluding hydrogens is 432 g/mol. The van der Waals surface area contributed by atoms with Crippen LogP contribution in [-0.2, 0) is 5.41 Å². The molecule has 0 bridgehead atoms. The summed E-state index contributed by atoms with van der Waals surface area (Å²) >= 11 is 0. The molecule has 0 fully saturated rings. The molecule has 0 nitrogen and oxygen atoms in total. The van der Waals surface area contributed by atoms with Gasteiger partial charge in [0.05, 0.1) is 0 Å². The number of unbranched alkanes of at least 4 members (excludes halogenated alkanes) is 10. The van der Waals surface area contributed by atoms with E-state index >= 15 is 0 Å². The molecule has 2 rings (SSSR count). The largest absolute Gasteiger partial charge is 0.0988 e. The lowest BCUT2D eigenvalue weighted by Gasteiger charge is -2.35. The molecule has 1 aromatic rings. The average Bonchev–Trinajstić information content (AvgIpc) is 3.08. The fourth-order valence-corrected chi connectivity index (χ4v) is 6.25. The van der Waals surface area contributed by atoms with Crippen LogP contribution in [0.5, 0.6) is 0 Å². The van der Waals surface area contributed by atoms with Gasteiger partial charge >= 0.3 is 0 Å². The maximum absolute atomic E-state index is 4.20. The molecule has 0 spiro atoms. The smallest absolute Gasteiger partial charge is 0.0212 e. The van der Waals surface area contributed by atoms with Gasteiger partial charge in [-0.05, 0) is 65.0 Å². The van der Waals surface area contributed by atoms with Gasteiger partial charge < -0.3 is 0 Å². The second-order valence-electron chi connectivity index (χ2n) is 12.1. The summed E-state index contributed by atoms with van der Waals surface area (Å²) in [5.41, 5.74) is 9.29. The Kier molecular flexibility index (Phi) is 13.3. The normalized spacial score (nSPS) is 15.3. The van der Waals surface area contributed by atoms with E-state index < -0.39 is 0 Å². The zero-order valence-corrected chi connectivity index (χ0v) is 25.1. The molecule has 0 heterocycles. The van der Waals surface area contributed by atoms with Crippen LogP contribution in [0.4, 0.5) is 0 Å². The fourth-order valence-electron chi connectivity index (χ4n) is 6.25. The molecule has 0 saturated heterocycles. The minimum Gasteiger partial charge on any atom is -0.0988 e. The zero-order valence-electron chi connectivity index (χ0n) is 25.1. The summed E-state index contributed by atoms with van der Waals surface area (Å²) in [7, 11) is 0. The predicted molar refractivity (Wildman–Crippen MR) is 164 cm³/mol. The molecule has 0 aliphatic heterocycles. The molecule has 0 atom stereocenters. The SMILES string of the molecule is C=C/C(=C\C1=C(C)c2ccc(C(C)C)cc2C1(CCCCCCCC)CCCCCCCC)C(C)C. The molecule has 1 aromatic carbocycles. The van der Waals surface area contributed by atoms with Crippen LogP contribution in [0.15, 0.2) is 48.1 Å². The monoisotopic (exact) mass is 490 g/mol. The Balaban J connectivity index is 2.49. The van der Waals surface area contributed by atoms with Crippen molar-refractivity contribution in [2.24, 2.45) is 5.92 Å². The third-order valence-corrected chi connectivity index (χ3v) is 8.68. The van der Waals surface area contributed by atoms with Crippen molar-refractivity contribution in [1.29, 1.82) is 0 Å². The van der Waals surface area contributed by atoms with Crippen LogP contribution in [0.2, 0.25) is 0 Å². The second-order valence-corrected chi connectivity index (χ2v) is 12.1. The first kappa shape index (κ1) is 30.7. The Morgan fingerprint density at radius 2 is 1.33 bits per heavy atom. The van der Waals surface area contributed by atoms with E-state index in [9.17, 15) is 0 Å². The van der Waals surface area contributed by atoms with E-state index in [1.807, 2.05) is 0 Å². The number of hydrogen-bond acceptors (Lipinski definition) is 0. The molecule has 202 valence electrons. The lowest BCUT2D eigenvalue weighted by atomic mass is 9.68. The summed E-state index contributed by atoms with van der Waals surface area (Å²) in [5.74, 6) is 1.06.